The van der Waals surface area contributed by atoms with E-state index in [4.69, 9.17) is 9.47 Å². The molecular formula is C18H23N3O3S. The Bertz CT molecular complexity index is 773. The lowest BCUT2D eigenvalue weighted by Gasteiger charge is -2.24. The minimum Gasteiger partial charge on any atom is -0.454 e. The van der Waals surface area contributed by atoms with Gasteiger partial charge in [-0.05, 0) is 45.1 Å². The van der Waals surface area contributed by atoms with Crippen LogP contribution in [0.2, 0.25) is 0 Å². The third-order valence-corrected chi connectivity index (χ3v) is 5.13. The molecule has 1 amide bonds. The lowest BCUT2D eigenvalue weighted by Crippen LogP contribution is -2.36. The summed E-state index contributed by atoms with van der Waals surface area (Å²) in [6.45, 7) is 4.80. The fourth-order valence-corrected chi connectivity index (χ4v) is 3.92. The molecule has 0 unspecified atom stereocenters. The second-order valence-electron chi connectivity index (χ2n) is 6.15. The molecule has 1 aromatic heterocycles. The van der Waals surface area contributed by atoms with E-state index in [1.807, 2.05) is 44.1 Å². The monoisotopic (exact) mass is 361 g/mol. The number of carbonyl (C=O) groups excluding carboxylic acids is 1. The molecule has 0 aliphatic carbocycles. The first-order valence-corrected chi connectivity index (χ1v) is 9.10. The smallest absolute Gasteiger partial charge is 0.242 e. The molecule has 1 N–H and O–H groups in total. The number of rotatable bonds is 6. The van der Waals surface area contributed by atoms with Crippen molar-refractivity contribution in [2.24, 2.45) is 0 Å². The van der Waals surface area contributed by atoms with Gasteiger partial charge in [-0.3, -0.25) is 9.69 Å². The van der Waals surface area contributed by atoms with Gasteiger partial charge in [-0.25, -0.2) is 4.98 Å². The van der Waals surface area contributed by atoms with Crippen molar-refractivity contribution in [1.29, 1.82) is 0 Å². The van der Waals surface area contributed by atoms with Crippen LogP contribution in [0.4, 0.5) is 0 Å². The molecular weight excluding hydrogens is 338 g/mol. The van der Waals surface area contributed by atoms with E-state index in [0.29, 0.717) is 12.3 Å². The van der Waals surface area contributed by atoms with Crippen LogP contribution in [0.25, 0.3) is 0 Å². The number of fused-ring (bicyclic) bond motifs is 1. The Labute approximate surface area is 151 Å². The zero-order chi connectivity index (χ0) is 18.0. The maximum atomic E-state index is 12.8. The summed E-state index contributed by atoms with van der Waals surface area (Å²) in [5.74, 6) is 1.36. The van der Waals surface area contributed by atoms with E-state index in [1.54, 1.807) is 11.3 Å². The number of likely N-dealkylation sites (N-methyl/N-ethyl adjacent to an activating group) is 1. The molecule has 1 aliphatic heterocycles. The van der Waals surface area contributed by atoms with Crippen molar-refractivity contribution in [3.63, 3.8) is 0 Å². The number of nitrogens with one attached hydrogen (secondary N) is 1. The number of thiazole rings is 1. The molecule has 0 saturated heterocycles. The second kappa shape index (κ2) is 7.41. The first-order chi connectivity index (χ1) is 12.0. The summed E-state index contributed by atoms with van der Waals surface area (Å²) in [6.07, 6.45) is 0.870. The summed E-state index contributed by atoms with van der Waals surface area (Å²) in [5.41, 5.74) is 1.94. The molecule has 134 valence electrons. The van der Waals surface area contributed by atoms with Gasteiger partial charge in [-0.15, -0.1) is 11.3 Å². The largest absolute Gasteiger partial charge is 0.454 e. The number of amides is 1. The van der Waals surface area contributed by atoms with Gasteiger partial charge in [-0.2, -0.15) is 0 Å². The van der Waals surface area contributed by atoms with Crippen molar-refractivity contribution < 1.29 is 14.3 Å². The van der Waals surface area contributed by atoms with Crippen LogP contribution in [0.1, 0.15) is 34.1 Å². The molecule has 2 heterocycles. The number of aryl methyl sites for hydroxylation is 2. The molecule has 2 aromatic rings. The van der Waals surface area contributed by atoms with Gasteiger partial charge in [0.2, 0.25) is 12.7 Å². The first kappa shape index (κ1) is 17.7. The van der Waals surface area contributed by atoms with Crippen LogP contribution in [0.5, 0.6) is 11.5 Å². The number of carbonyl (C=O) groups is 1. The van der Waals surface area contributed by atoms with Crippen LogP contribution in [-0.4, -0.2) is 36.7 Å². The molecule has 3 rings (SSSR count). The molecule has 1 aliphatic rings. The van der Waals surface area contributed by atoms with E-state index in [2.05, 4.69) is 17.2 Å². The lowest BCUT2D eigenvalue weighted by atomic mass is 10.0. The van der Waals surface area contributed by atoms with E-state index < -0.39 is 6.04 Å². The lowest BCUT2D eigenvalue weighted by molar-refractivity contribution is -0.125. The third kappa shape index (κ3) is 3.77. The summed E-state index contributed by atoms with van der Waals surface area (Å²) in [4.78, 5) is 20.4. The van der Waals surface area contributed by atoms with E-state index in [0.717, 1.165) is 33.3 Å². The van der Waals surface area contributed by atoms with Crippen molar-refractivity contribution in [2.45, 2.75) is 32.9 Å². The molecule has 1 atom stereocenters. The highest BCUT2D eigenvalue weighted by Crippen LogP contribution is 2.35. The van der Waals surface area contributed by atoms with Gasteiger partial charge in [0, 0.05) is 4.88 Å². The van der Waals surface area contributed by atoms with E-state index >= 15 is 0 Å². The number of ether oxygens (including phenoxy) is 2. The Morgan fingerprint density at radius 2 is 2.12 bits per heavy atom. The normalized spacial score (nSPS) is 14.0. The number of nitrogens with zero attached hydrogens (tertiary/aromatic N) is 2. The molecule has 0 spiro atoms. The standard InChI is InChI=1S/C18H23N3O3S/c1-5-13-16(25-11(2)20-13)9-19-18(22)17(21(3)4)12-6-7-14-15(8-12)24-10-23-14/h6-8,17H,5,9-10H2,1-4H3,(H,19,22)/t17-/m1/s1. The summed E-state index contributed by atoms with van der Waals surface area (Å²) >= 11 is 1.64. The molecule has 0 bridgehead atoms. The fraction of sp³-hybridized carbons (Fsp3) is 0.444. The second-order valence-corrected chi connectivity index (χ2v) is 7.44. The zero-order valence-corrected chi connectivity index (χ0v) is 15.8. The molecule has 0 saturated carbocycles. The van der Waals surface area contributed by atoms with Gasteiger partial charge in [0.15, 0.2) is 11.5 Å². The van der Waals surface area contributed by atoms with Gasteiger partial charge in [0.05, 0.1) is 17.2 Å². The van der Waals surface area contributed by atoms with Gasteiger partial charge < -0.3 is 14.8 Å². The Balaban J connectivity index is 1.75. The Hall–Kier alpha value is -2.12. The van der Waals surface area contributed by atoms with Crippen LogP contribution >= 0.6 is 11.3 Å². The van der Waals surface area contributed by atoms with Crippen molar-refractivity contribution in [1.82, 2.24) is 15.2 Å². The van der Waals surface area contributed by atoms with Crippen LogP contribution in [-0.2, 0) is 17.8 Å². The average Bonchev–Trinajstić information content (AvgIpc) is 3.18. The third-order valence-electron chi connectivity index (χ3n) is 4.12. The van der Waals surface area contributed by atoms with Crippen molar-refractivity contribution >= 4 is 17.2 Å². The Morgan fingerprint density at radius 1 is 1.36 bits per heavy atom. The maximum Gasteiger partial charge on any atom is 0.242 e. The highest BCUT2D eigenvalue weighted by atomic mass is 32.1. The van der Waals surface area contributed by atoms with Crippen molar-refractivity contribution in [3.05, 3.63) is 39.3 Å². The van der Waals surface area contributed by atoms with Gasteiger partial charge in [0.1, 0.15) is 6.04 Å². The molecule has 25 heavy (non-hydrogen) atoms. The average molecular weight is 361 g/mol. The minimum atomic E-state index is -0.395. The summed E-state index contributed by atoms with van der Waals surface area (Å²) in [7, 11) is 3.78. The van der Waals surface area contributed by atoms with E-state index in [9.17, 15) is 4.79 Å². The molecule has 0 fully saturated rings. The Morgan fingerprint density at radius 3 is 2.84 bits per heavy atom. The van der Waals surface area contributed by atoms with Gasteiger partial charge in [-0.1, -0.05) is 13.0 Å². The van der Waals surface area contributed by atoms with Crippen LogP contribution in [0, 0.1) is 6.92 Å². The maximum absolute atomic E-state index is 12.8. The zero-order valence-electron chi connectivity index (χ0n) is 15.0. The highest BCUT2D eigenvalue weighted by molar-refractivity contribution is 7.11. The highest BCUT2D eigenvalue weighted by Gasteiger charge is 2.25. The summed E-state index contributed by atoms with van der Waals surface area (Å²) < 4.78 is 10.8. The predicted octanol–water partition coefficient (Wildman–Crippen LogP) is 2.66. The minimum absolute atomic E-state index is 0.0445. The van der Waals surface area contributed by atoms with Crippen molar-refractivity contribution in [2.75, 3.05) is 20.9 Å². The number of aromatic nitrogens is 1. The number of benzene rings is 1. The van der Waals surface area contributed by atoms with Crippen LogP contribution in [0.15, 0.2) is 18.2 Å². The molecule has 6 nitrogen and oxygen atoms in total. The topological polar surface area (TPSA) is 63.7 Å². The quantitative estimate of drug-likeness (QED) is 0.857. The summed E-state index contributed by atoms with van der Waals surface area (Å²) in [6, 6.07) is 5.24. The van der Waals surface area contributed by atoms with Crippen LogP contribution < -0.4 is 14.8 Å². The predicted molar refractivity (Wildman–Crippen MR) is 97.1 cm³/mol. The fourth-order valence-electron chi connectivity index (χ4n) is 2.96. The SMILES string of the molecule is CCc1nc(C)sc1CNC(=O)[C@@H](c1ccc2c(c1)OCO2)N(C)C. The Kier molecular flexibility index (Phi) is 5.24. The molecule has 0 radical (unpaired) electrons. The molecule has 7 heteroatoms. The van der Waals surface area contributed by atoms with Gasteiger partial charge in [0.25, 0.3) is 0 Å². The van der Waals surface area contributed by atoms with E-state index in [1.165, 1.54) is 0 Å². The molecule has 1 aromatic carbocycles. The summed E-state index contributed by atoms with van der Waals surface area (Å²) in [5, 5.41) is 4.08. The van der Waals surface area contributed by atoms with Crippen molar-refractivity contribution in [3.8, 4) is 11.5 Å². The van der Waals surface area contributed by atoms with Crippen LogP contribution in [0.3, 0.4) is 0 Å². The van der Waals surface area contributed by atoms with Gasteiger partial charge >= 0.3 is 0 Å². The first-order valence-electron chi connectivity index (χ1n) is 8.28. The van der Waals surface area contributed by atoms with E-state index in [-0.39, 0.29) is 12.7 Å². The number of hydrogen-bond donors (Lipinski definition) is 1. The number of hydrogen-bond acceptors (Lipinski definition) is 6.